The van der Waals surface area contributed by atoms with Crippen molar-refractivity contribution in [2.24, 2.45) is 109 Å². The van der Waals surface area contributed by atoms with E-state index < -0.39 is 193 Å². The van der Waals surface area contributed by atoms with E-state index in [1.54, 1.807) is 14.0 Å². The molecule has 9 heterocycles. The summed E-state index contributed by atoms with van der Waals surface area (Å²) in [6, 6.07) is 28.9. The van der Waals surface area contributed by atoms with Crippen LogP contribution in [0.4, 0.5) is 0 Å². The second kappa shape index (κ2) is 39.9. The zero-order valence-corrected chi connectivity index (χ0v) is 83.5. The number of benzene rings is 3. The Kier molecular flexibility index (Phi) is 29.9. The monoisotopic (exact) mass is 1870 g/mol. The van der Waals surface area contributed by atoms with Crippen LogP contribution in [-0.2, 0) is 127 Å². The largest absolute Gasteiger partial charge is 0.432 e. The maximum absolute atomic E-state index is 17.0. The van der Waals surface area contributed by atoms with Gasteiger partial charge in [0.25, 0.3) is 0 Å². The van der Waals surface area contributed by atoms with Gasteiger partial charge in [-0.15, -0.1) is 0 Å². The fraction of sp³-hybridized carbons (Fsp3) is 0.785. The molecule has 3 aromatic carbocycles. The molecule has 27 heteroatoms. The number of hydrogen-bond acceptors (Lipinski definition) is 25. The minimum absolute atomic E-state index is 0.000122. The van der Waals surface area contributed by atoms with Gasteiger partial charge in [0.05, 0.1) is 100 Å². The number of allylic oxidation sites excluding steroid dienone is 2. The van der Waals surface area contributed by atoms with Crippen molar-refractivity contribution in [1.29, 1.82) is 0 Å². The second-order valence-corrected chi connectivity index (χ2v) is 45.2. The lowest BCUT2D eigenvalue weighted by atomic mass is 9.33. The first kappa shape index (κ1) is 100. The number of aldehydes is 1. The van der Waals surface area contributed by atoms with Gasteiger partial charge in [0.15, 0.2) is 49.3 Å². The highest BCUT2D eigenvalue weighted by Gasteiger charge is 2.74. The summed E-state index contributed by atoms with van der Waals surface area (Å²) in [6.45, 7) is 46.4. The average molecular weight is 1870 g/mol. The van der Waals surface area contributed by atoms with Crippen LogP contribution in [0, 0.1) is 104 Å². The van der Waals surface area contributed by atoms with Gasteiger partial charge in [0.2, 0.25) is 6.29 Å². The van der Waals surface area contributed by atoms with Crippen LogP contribution in [-0.4, -0.2) is 211 Å². The molecule has 17 unspecified atom stereocenters. The van der Waals surface area contributed by atoms with E-state index in [9.17, 15) is 15.1 Å². The van der Waals surface area contributed by atoms with E-state index >= 15 is 4.79 Å². The third-order valence-electron chi connectivity index (χ3n) is 36.6. The summed E-state index contributed by atoms with van der Waals surface area (Å²) in [4.78, 5) is 49.3. The number of ketones is 1. The second-order valence-electron chi connectivity index (χ2n) is 45.2. The van der Waals surface area contributed by atoms with Crippen molar-refractivity contribution in [3.8, 4) is 0 Å². The summed E-state index contributed by atoms with van der Waals surface area (Å²) in [5.74, 6) is -2.34. The van der Waals surface area contributed by atoms with E-state index in [2.05, 4.69) is 113 Å². The Morgan fingerprint density at radius 2 is 1.22 bits per heavy atom. The van der Waals surface area contributed by atoms with Gasteiger partial charge >= 0.3 is 5.97 Å². The van der Waals surface area contributed by atoms with E-state index in [-0.39, 0.29) is 96.7 Å². The van der Waals surface area contributed by atoms with Gasteiger partial charge in [-0.3, -0.25) is 9.59 Å². The Morgan fingerprint density at radius 3 is 1.90 bits per heavy atom. The van der Waals surface area contributed by atoms with Crippen LogP contribution >= 0.6 is 0 Å². The van der Waals surface area contributed by atoms with Crippen LogP contribution in [0.3, 0.4) is 0 Å². The minimum Gasteiger partial charge on any atom is -0.432 e. The molecule has 0 spiro atoms. The highest BCUT2D eigenvalue weighted by molar-refractivity contribution is 5.81. The van der Waals surface area contributed by atoms with Crippen molar-refractivity contribution in [3.63, 3.8) is 0 Å². The molecule has 9 aliphatic heterocycles. The predicted molar refractivity (Wildman–Crippen MR) is 495 cm³/mol. The molecule has 3 aromatic rings. The van der Waals surface area contributed by atoms with Gasteiger partial charge in [0, 0.05) is 41.3 Å². The molecule has 42 atom stereocenters. The summed E-state index contributed by atoms with van der Waals surface area (Å²) in [7, 11) is 1.75. The SMILES string of the molecule is CCC1O[C@@H](OC2[C@H](O[C@H]3CCC4(C)C5CC=C6C7CC(C)(C)CC[C@]7(C(=O)O[C@@H]7OC(COCc8ccccc8)[C@H](N=[N+]=[N-])C(C)C7OC[C@@H]7O[C@H](C)[C@H](O[C@@H]8OC[C@@H](OCc9ccccc9)C(O[C@@H]9OC[C@]%10(CC)O[C@@H](c%11ccccc%11)OC9%10)C8C)C8OC(C)(C)OC87)C(OC)C[C@@]6(C)[C@@]5(C)CC[C@H]4[C@@]3(C)C=O)OC(C(C)=O)[C@@H](C)[C@@H]2O[C@@H]2OC[C@@H](C)[C@H](C)C2C)C(C)[C@@H](C)[C@H]1C. The molecular weight excluding hydrogens is 1710 g/mol. The number of rotatable bonds is 29. The molecule has 13 fully saturated rings. The van der Waals surface area contributed by atoms with Crippen LogP contribution < -0.4 is 0 Å². The zero-order valence-electron chi connectivity index (χ0n) is 83.5. The molecule has 0 amide bonds. The molecule has 742 valence electrons. The first-order chi connectivity index (χ1) is 63.9. The van der Waals surface area contributed by atoms with Gasteiger partial charge < -0.3 is 104 Å². The summed E-state index contributed by atoms with van der Waals surface area (Å²) in [5.41, 5.74) is 10.2. The van der Waals surface area contributed by atoms with E-state index in [1.165, 1.54) is 5.57 Å². The van der Waals surface area contributed by atoms with Crippen LogP contribution in [0.2, 0.25) is 0 Å². The Morgan fingerprint density at radius 1 is 0.560 bits per heavy atom. The number of methoxy groups -OCH3 is 1. The Bertz CT molecular complexity index is 4580. The topological polar surface area (TPSA) is 294 Å². The van der Waals surface area contributed by atoms with Crippen LogP contribution in [0.25, 0.3) is 10.4 Å². The van der Waals surface area contributed by atoms with Crippen molar-refractivity contribution in [1.82, 2.24) is 0 Å². The summed E-state index contributed by atoms with van der Waals surface area (Å²) < 4.78 is 147. The molecule has 0 N–H and O–H groups in total. The fourth-order valence-electron chi connectivity index (χ4n) is 27.6. The predicted octanol–water partition coefficient (Wildman–Crippen LogP) is 18.5. The van der Waals surface area contributed by atoms with Crippen molar-refractivity contribution in [2.45, 2.75) is 388 Å². The molecule has 134 heavy (non-hydrogen) atoms. The van der Waals surface area contributed by atoms with Crippen LogP contribution in [0.1, 0.15) is 239 Å². The van der Waals surface area contributed by atoms with Crippen molar-refractivity contribution in [2.75, 3.05) is 40.1 Å². The molecule has 5 aliphatic carbocycles. The molecule has 0 aromatic heterocycles. The number of fused-ring (bicyclic) bond motifs is 9. The van der Waals surface area contributed by atoms with Crippen molar-refractivity contribution >= 4 is 18.0 Å². The van der Waals surface area contributed by atoms with E-state index in [1.807, 2.05) is 133 Å². The van der Waals surface area contributed by atoms with Crippen molar-refractivity contribution < 1.29 is 114 Å². The molecular formula is C107H155N3O24. The number of carbonyl (C=O) groups is 3. The van der Waals surface area contributed by atoms with Gasteiger partial charge in [0.1, 0.15) is 72.2 Å². The van der Waals surface area contributed by atoms with Gasteiger partial charge in [-0.05, 0) is 184 Å². The highest BCUT2D eigenvalue weighted by atomic mass is 16.8. The maximum Gasteiger partial charge on any atom is 0.317 e. The molecule has 14 aliphatic rings. The van der Waals surface area contributed by atoms with E-state index in [0.29, 0.717) is 69.5 Å². The lowest BCUT2D eigenvalue weighted by molar-refractivity contribution is -0.374. The highest BCUT2D eigenvalue weighted by Crippen LogP contribution is 2.77. The average Bonchev–Trinajstić information content (AvgIpc) is 0.712. The third-order valence-corrected chi connectivity index (χ3v) is 36.6. The number of ether oxygens (including phenoxy) is 21. The van der Waals surface area contributed by atoms with E-state index in [0.717, 1.165) is 55.1 Å². The molecule has 27 nitrogen and oxygen atoms in total. The molecule has 0 bridgehead atoms. The number of azide groups is 1. The smallest absolute Gasteiger partial charge is 0.317 e. The number of Topliss-reactive ketones (excluding diaryl/α,β-unsaturated/α-hetero) is 1. The van der Waals surface area contributed by atoms with Crippen LogP contribution in [0.15, 0.2) is 108 Å². The Hall–Kier alpha value is -5.28. The first-order valence-corrected chi connectivity index (χ1v) is 50.7. The zero-order chi connectivity index (χ0) is 95.3. The summed E-state index contributed by atoms with van der Waals surface area (Å²) >= 11 is 0. The maximum atomic E-state index is 17.0. The molecule has 0 radical (unpaired) electrons. The Balaban J connectivity index is 0.633. The van der Waals surface area contributed by atoms with E-state index in [4.69, 9.17) is 99.5 Å². The summed E-state index contributed by atoms with van der Waals surface area (Å²) in [5, 5.41) is 4.44. The lowest BCUT2D eigenvalue weighted by Gasteiger charge is -2.71. The third kappa shape index (κ3) is 18.4. The van der Waals surface area contributed by atoms with Gasteiger partial charge in [-0.2, -0.15) is 0 Å². The normalized spacial score (nSPS) is 47.2. The quantitative estimate of drug-likeness (QED) is 0.0119. The number of nitrogens with zero attached hydrogens (tertiary/aromatic N) is 3. The number of carbonyl (C=O) groups excluding carboxylic acids is 3. The van der Waals surface area contributed by atoms with Gasteiger partial charge in [-0.1, -0.05) is 225 Å². The summed E-state index contributed by atoms with van der Waals surface area (Å²) in [6.07, 6.45) is -5.87. The number of esters is 1. The molecule has 4 saturated carbocycles. The number of hydrogen-bond donors (Lipinski definition) is 0. The lowest BCUT2D eigenvalue weighted by Crippen LogP contribution is -2.69. The van der Waals surface area contributed by atoms with Gasteiger partial charge in [-0.25, -0.2) is 0 Å². The fourth-order valence-corrected chi connectivity index (χ4v) is 27.6. The minimum atomic E-state index is -1.36. The van der Waals surface area contributed by atoms with Crippen LogP contribution in [0.5, 0.6) is 0 Å². The Labute approximate surface area is 794 Å². The van der Waals surface area contributed by atoms with Crippen molar-refractivity contribution in [3.05, 3.63) is 130 Å². The molecule has 9 saturated heterocycles. The molecule has 17 rings (SSSR count). The standard InChI is InChI=1S/C107H155N3O24/c1-23-74-61(6)60(5)63(8)94(122-74)129-90-85(127-92-62(7)59(4)58(3)50-118-92)65(10)83(67(12)112)125-97(90)124-80-43-44-102(18)78(103(80,19)56-111)42-45-104(20)79(102)41-40-72-73-48-100(14,15)46-47-107(73,81(114-22)49-105(72,104)21)99(113)131-96-86(64(9)82(109-110-108)75(123-96)53-115-51-69-34-28-25-29-35-69)117-55-77-88-89(133-101(16,17)132-88)87(68(13)121-77)128-93-66(11)84(76(54-119-93)116-52-70-36-30-26-31-37-70)126-98-91-106(24-2,57-120-98)134-95(130-91)71-38-32-27-33-39-71/h25-40,56,58-66,68,73-98H,23-24,41-55,57H2,1-22H3/t58-,59+,60+,61-,62?,63?,64?,65-,66?,68-,73?,74?,75?,76-,77+,78-,79?,80+,81?,82-,83?,84?,85+,86?,87+,88?,89?,90?,91?,92+,93+,94+,95+,96+,97-,98+,102?,103-,104+,105-,106+,107-/m1/s1. The first-order valence-electron chi connectivity index (χ1n) is 50.7.